The van der Waals surface area contributed by atoms with E-state index in [4.69, 9.17) is 22.1 Å². The summed E-state index contributed by atoms with van der Waals surface area (Å²) in [5.74, 6) is 0.235. The summed E-state index contributed by atoms with van der Waals surface area (Å²) in [5, 5.41) is 20.0. The van der Waals surface area contributed by atoms with E-state index in [1.54, 1.807) is 0 Å². The van der Waals surface area contributed by atoms with Gasteiger partial charge in [-0.05, 0) is 6.08 Å². The fourth-order valence-electron chi connectivity index (χ4n) is 2.20. The molecule has 2 aromatic rings. The van der Waals surface area contributed by atoms with Gasteiger partial charge in [0, 0.05) is 5.54 Å². The maximum Gasteiger partial charge on any atom is 0.167 e. The maximum atomic E-state index is 10.1. The van der Waals surface area contributed by atoms with E-state index in [0.717, 1.165) is 0 Å². The number of imidazole rings is 1. The Bertz CT molecular complexity index is 661. The zero-order chi connectivity index (χ0) is 14.3. The van der Waals surface area contributed by atoms with Crippen LogP contribution in [-0.2, 0) is 4.74 Å². The molecule has 0 amide bonds. The predicted molar refractivity (Wildman–Crippen MR) is 70.7 cm³/mol. The fraction of sp³-hybridized carbons (Fsp3) is 0.364. The van der Waals surface area contributed by atoms with Crippen LogP contribution in [0.2, 0.25) is 0 Å². The van der Waals surface area contributed by atoms with Crippen molar-refractivity contribution in [2.45, 2.75) is 24.5 Å². The third kappa shape index (κ3) is 1.93. The minimum atomic E-state index is -1.14. The lowest BCUT2D eigenvalue weighted by Crippen LogP contribution is -2.30. The summed E-state index contributed by atoms with van der Waals surface area (Å²) in [6, 6.07) is 0. The van der Waals surface area contributed by atoms with E-state index >= 15 is 0 Å². The van der Waals surface area contributed by atoms with Crippen LogP contribution >= 0.6 is 11.6 Å². The van der Waals surface area contributed by atoms with Crippen molar-refractivity contribution < 1.29 is 14.9 Å². The molecule has 4 unspecified atom stereocenters. The number of aliphatic hydroxyl groups excluding tert-OH is 2. The first kappa shape index (κ1) is 13.3. The molecule has 1 aliphatic heterocycles. The molecule has 0 aliphatic carbocycles. The zero-order valence-corrected chi connectivity index (χ0v) is 10.9. The molecule has 106 valence electrons. The van der Waals surface area contributed by atoms with Gasteiger partial charge in [0.25, 0.3) is 0 Å². The van der Waals surface area contributed by atoms with Gasteiger partial charge in [0.1, 0.15) is 30.2 Å². The van der Waals surface area contributed by atoms with Gasteiger partial charge in [0.05, 0.1) is 6.33 Å². The fourth-order valence-corrected chi connectivity index (χ4v) is 2.35. The molecule has 1 aliphatic rings. The standard InChI is InChI=1S/C11H12ClN5O3/c12-2-1-5-7(18)8(19)11(20-5)17-4-16-6-9(13)14-3-15-10(6)17/h1-5,7-8,11,18-19H,(H2,13,14,15)/b2-1+. The van der Waals surface area contributed by atoms with Crippen molar-refractivity contribution in [2.24, 2.45) is 0 Å². The normalized spacial score (nSPS) is 30.6. The summed E-state index contributed by atoms with van der Waals surface area (Å²) in [4.78, 5) is 12.0. The smallest absolute Gasteiger partial charge is 0.167 e. The monoisotopic (exact) mass is 297 g/mol. The van der Waals surface area contributed by atoms with E-state index in [-0.39, 0.29) is 5.82 Å². The predicted octanol–water partition coefficient (Wildman–Crippen LogP) is -0.220. The van der Waals surface area contributed by atoms with Gasteiger partial charge in [0.15, 0.2) is 17.7 Å². The second kappa shape index (κ2) is 4.98. The number of aliphatic hydroxyl groups is 2. The first-order valence-electron chi connectivity index (χ1n) is 5.85. The molecule has 1 fully saturated rings. The van der Waals surface area contributed by atoms with Crippen LogP contribution in [0.3, 0.4) is 0 Å². The van der Waals surface area contributed by atoms with Crippen molar-refractivity contribution in [2.75, 3.05) is 5.73 Å². The lowest BCUT2D eigenvalue weighted by Gasteiger charge is -2.16. The first-order valence-corrected chi connectivity index (χ1v) is 6.28. The lowest BCUT2D eigenvalue weighted by atomic mass is 10.1. The first-order chi connectivity index (χ1) is 9.63. The summed E-state index contributed by atoms with van der Waals surface area (Å²) in [5.41, 5.74) is 7.76. The molecular formula is C11H12ClN5O3. The van der Waals surface area contributed by atoms with Crippen LogP contribution in [0.1, 0.15) is 6.23 Å². The Morgan fingerprint density at radius 1 is 1.30 bits per heavy atom. The number of fused-ring (bicyclic) bond motifs is 1. The SMILES string of the molecule is Nc1ncnc2c1ncn2C1OC(/C=C/Cl)C(O)C1O. The molecule has 2 aromatic heterocycles. The molecule has 3 rings (SSSR count). The highest BCUT2D eigenvalue weighted by atomic mass is 35.5. The third-order valence-electron chi connectivity index (χ3n) is 3.20. The lowest BCUT2D eigenvalue weighted by molar-refractivity contribution is -0.0244. The zero-order valence-electron chi connectivity index (χ0n) is 10.2. The van der Waals surface area contributed by atoms with Crippen molar-refractivity contribution in [3.63, 3.8) is 0 Å². The van der Waals surface area contributed by atoms with Crippen molar-refractivity contribution in [3.05, 3.63) is 24.3 Å². The largest absolute Gasteiger partial charge is 0.387 e. The molecular weight excluding hydrogens is 286 g/mol. The van der Waals surface area contributed by atoms with Crippen LogP contribution in [0, 0.1) is 0 Å². The van der Waals surface area contributed by atoms with Crippen molar-refractivity contribution in [1.82, 2.24) is 19.5 Å². The second-order valence-corrected chi connectivity index (χ2v) is 4.63. The van der Waals surface area contributed by atoms with Crippen molar-refractivity contribution >= 4 is 28.6 Å². The third-order valence-corrected chi connectivity index (χ3v) is 3.34. The summed E-state index contributed by atoms with van der Waals surface area (Å²) >= 11 is 5.47. The van der Waals surface area contributed by atoms with Gasteiger partial charge in [0.2, 0.25) is 0 Å². The quantitative estimate of drug-likeness (QED) is 0.701. The van der Waals surface area contributed by atoms with Gasteiger partial charge < -0.3 is 20.7 Å². The summed E-state index contributed by atoms with van der Waals surface area (Å²) in [7, 11) is 0. The molecule has 0 radical (unpaired) electrons. The Balaban J connectivity index is 2.02. The number of aromatic nitrogens is 4. The molecule has 0 bridgehead atoms. The number of halogens is 1. The van der Waals surface area contributed by atoms with Gasteiger partial charge in [-0.3, -0.25) is 4.57 Å². The number of ether oxygens (including phenoxy) is 1. The van der Waals surface area contributed by atoms with Gasteiger partial charge in [-0.1, -0.05) is 11.6 Å². The van der Waals surface area contributed by atoms with E-state index in [0.29, 0.717) is 11.2 Å². The topological polar surface area (TPSA) is 119 Å². The number of nitrogens with two attached hydrogens (primary N) is 1. The van der Waals surface area contributed by atoms with Crippen LogP contribution in [0.25, 0.3) is 11.2 Å². The molecule has 4 atom stereocenters. The molecule has 4 N–H and O–H groups in total. The van der Waals surface area contributed by atoms with E-state index in [2.05, 4.69) is 15.0 Å². The number of nitrogen functional groups attached to an aromatic ring is 1. The van der Waals surface area contributed by atoms with Gasteiger partial charge in [-0.2, -0.15) is 0 Å². The van der Waals surface area contributed by atoms with E-state index in [9.17, 15) is 10.2 Å². The Morgan fingerprint density at radius 2 is 2.10 bits per heavy atom. The highest BCUT2D eigenvalue weighted by Crippen LogP contribution is 2.32. The molecule has 9 heteroatoms. The Labute approximate surface area is 118 Å². The molecule has 0 saturated carbocycles. The number of hydrogen-bond donors (Lipinski definition) is 3. The van der Waals surface area contributed by atoms with Crippen molar-refractivity contribution in [1.29, 1.82) is 0 Å². The van der Waals surface area contributed by atoms with E-state index in [1.807, 2.05) is 0 Å². The van der Waals surface area contributed by atoms with Crippen molar-refractivity contribution in [3.8, 4) is 0 Å². The Kier molecular flexibility index (Phi) is 3.30. The average Bonchev–Trinajstić information content (AvgIpc) is 2.97. The van der Waals surface area contributed by atoms with E-state index < -0.39 is 24.5 Å². The number of nitrogens with zero attached hydrogens (tertiary/aromatic N) is 4. The highest BCUT2D eigenvalue weighted by Gasteiger charge is 2.43. The van der Waals surface area contributed by atoms with Gasteiger partial charge >= 0.3 is 0 Å². The molecule has 20 heavy (non-hydrogen) atoms. The molecule has 1 saturated heterocycles. The van der Waals surface area contributed by atoms with Crippen LogP contribution in [0.15, 0.2) is 24.3 Å². The van der Waals surface area contributed by atoms with Gasteiger partial charge in [-0.25, -0.2) is 15.0 Å². The Morgan fingerprint density at radius 3 is 2.85 bits per heavy atom. The number of rotatable bonds is 2. The molecule has 3 heterocycles. The van der Waals surface area contributed by atoms with E-state index in [1.165, 1.54) is 28.8 Å². The number of hydrogen-bond acceptors (Lipinski definition) is 7. The summed E-state index contributed by atoms with van der Waals surface area (Å²) in [6.07, 6.45) is 0.421. The Hall–Kier alpha value is -1.74. The van der Waals surface area contributed by atoms with Crippen LogP contribution in [0.4, 0.5) is 5.82 Å². The summed E-state index contributed by atoms with van der Waals surface area (Å²) < 4.78 is 7.07. The van der Waals surface area contributed by atoms with Gasteiger partial charge in [-0.15, -0.1) is 0 Å². The summed E-state index contributed by atoms with van der Waals surface area (Å²) in [6.45, 7) is 0. The second-order valence-electron chi connectivity index (χ2n) is 4.37. The molecule has 0 aromatic carbocycles. The minimum Gasteiger partial charge on any atom is -0.387 e. The van der Waals surface area contributed by atoms with Crippen LogP contribution < -0.4 is 5.73 Å². The van der Waals surface area contributed by atoms with Crippen LogP contribution in [-0.4, -0.2) is 48.0 Å². The molecule has 8 nitrogen and oxygen atoms in total. The minimum absolute atomic E-state index is 0.235. The molecule has 0 spiro atoms. The van der Waals surface area contributed by atoms with Crippen LogP contribution in [0.5, 0.6) is 0 Å². The highest BCUT2D eigenvalue weighted by molar-refractivity contribution is 6.25. The maximum absolute atomic E-state index is 10.1. The average molecular weight is 298 g/mol. The number of anilines is 1.